The first-order valence-corrected chi connectivity index (χ1v) is 8.81. The Hall–Kier alpha value is -2.12. The highest BCUT2D eigenvalue weighted by Gasteiger charge is 2.31. The highest BCUT2D eigenvalue weighted by atomic mass is 35.5. The molecule has 26 heavy (non-hydrogen) atoms. The lowest BCUT2D eigenvalue weighted by Crippen LogP contribution is -2.44. The van der Waals surface area contributed by atoms with E-state index in [2.05, 4.69) is 22.8 Å². The minimum atomic E-state index is -0.629. The second kappa shape index (κ2) is 7.25. The summed E-state index contributed by atoms with van der Waals surface area (Å²) in [5.74, 6) is -0.222. The van der Waals surface area contributed by atoms with Crippen LogP contribution in [0.15, 0.2) is 23.0 Å². The van der Waals surface area contributed by atoms with E-state index < -0.39 is 11.9 Å². The van der Waals surface area contributed by atoms with Gasteiger partial charge in [-0.1, -0.05) is 6.07 Å². The first kappa shape index (κ1) is 18.7. The van der Waals surface area contributed by atoms with Gasteiger partial charge in [0, 0.05) is 20.0 Å². The van der Waals surface area contributed by atoms with E-state index in [1.165, 1.54) is 10.1 Å². The average molecular weight is 379 g/mol. The number of imidazole rings is 1. The largest absolute Gasteiger partial charge is 0.329 e. The van der Waals surface area contributed by atoms with Gasteiger partial charge in [0.25, 0.3) is 0 Å². The Morgan fingerprint density at radius 1 is 1.12 bits per heavy atom. The third kappa shape index (κ3) is 3.05. The number of benzene rings is 1. The smallest absolute Gasteiger partial charge is 0.316 e. The molecule has 0 saturated carbocycles. The molecule has 2 amide bonds. The van der Waals surface area contributed by atoms with Crippen LogP contribution in [0.4, 0.5) is 0 Å². The molecule has 8 heteroatoms. The SMILES string of the molecule is Cl.Cn1c(=O)n(C2CCC(=O)NC2=O)c2ccc(C3CCCNC3)cc21. The Balaban J connectivity index is 0.00000196. The van der Waals surface area contributed by atoms with Gasteiger partial charge in [0.15, 0.2) is 0 Å². The molecule has 0 spiro atoms. The van der Waals surface area contributed by atoms with Crippen molar-refractivity contribution in [3.05, 3.63) is 34.2 Å². The van der Waals surface area contributed by atoms with Crippen LogP contribution in [0.1, 0.15) is 43.2 Å². The second-order valence-corrected chi connectivity index (χ2v) is 6.97. The molecule has 0 radical (unpaired) electrons. The molecule has 3 heterocycles. The number of rotatable bonds is 2. The molecule has 2 aliphatic rings. The van der Waals surface area contributed by atoms with E-state index in [1.54, 1.807) is 11.6 Å². The van der Waals surface area contributed by atoms with E-state index in [-0.39, 0.29) is 30.4 Å². The van der Waals surface area contributed by atoms with Crippen LogP contribution in [0, 0.1) is 0 Å². The Labute approximate surface area is 157 Å². The molecule has 2 aliphatic heterocycles. The van der Waals surface area contributed by atoms with Crippen molar-refractivity contribution in [2.24, 2.45) is 7.05 Å². The first-order valence-electron chi connectivity index (χ1n) is 8.81. The number of imide groups is 1. The van der Waals surface area contributed by atoms with Crippen LogP contribution in [0.3, 0.4) is 0 Å². The molecular weight excluding hydrogens is 356 g/mol. The van der Waals surface area contributed by atoms with Crippen LogP contribution in [0.2, 0.25) is 0 Å². The fourth-order valence-corrected chi connectivity index (χ4v) is 4.00. The molecule has 2 aromatic rings. The van der Waals surface area contributed by atoms with Crippen LogP contribution in [-0.4, -0.2) is 34.0 Å². The Kier molecular flexibility index (Phi) is 5.20. The van der Waals surface area contributed by atoms with Crippen molar-refractivity contribution in [1.82, 2.24) is 19.8 Å². The summed E-state index contributed by atoms with van der Waals surface area (Å²) in [6.07, 6.45) is 2.91. The monoisotopic (exact) mass is 378 g/mol. The van der Waals surface area contributed by atoms with Gasteiger partial charge in [-0.25, -0.2) is 4.79 Å². The van der Waals surface area contributed by atoms with Gasteiger partial charge in [0.1, 0.15) is 6.04 Å². The van der Waals surface area contributed by atoms with Crippen LogP contribution in [-0.2, 0) is 16.6 Å². The molecule has 2 atom stereocenters. The molecule has 2 saturated heterocycles. The maximum absolute atomic E-state index is 12.8. The maximum atomic E-state index is 12.8. The zero-order valence-electron chi connectivity index (χ0n) is 14.7. The van der Waals surface area contributed by atoms with Crippen molar-refractivity contribution >= 4 is 35.3 Å². The van der Waals surface area contributed by atoms with E-state index in [0.29, 0.717) is 12.3 Å². The number of piperidine rings is 2. The zero-order chi connectivity index (χ0) is 17.6. The fraction of sp³-hybridized carbons (Fsp3) is 0.500. The standard InChI is InChI=1S/C18H22N4O3.ClH/c1-21-15-9-11(12-3-2-8-19-10-12)4-5-13(15)22(18(21)25)14-6-7-16(23)20-17(14)24;/h4-5,9,12,14,19H,2-3,6-8,10H2,1H3,(H,20,23,24);1H. The second-order valence-electron chi connectivity index (χ2n) is 6.97. The summed E-state index contributed by atoms with van der Waals surface area (Å²) in [6, 6.07) is 5.43. The van der Waals surface area contributed by atoms with E-state index in [4.69, 9.17) is 0 Å². The number of amides is 2. The molecule has 2 fully saturated rings. The summed E-state index contributed by atoms with van der Waals surface area (Å²) in [5.41, 5.74) is 2.58. The molecule has 0 aliphatic carbocycles. The molecule has 1 aromatic heterocycles. The summed E-state index contributed by atoms with van der Waals surface area (Å²) >= 11 is 0. The van der Waals surface area contributed by atoms with Crippen molar-refractivity contribution in [2.75, 3.05) is 13.1 Å². The first-order chi connectivity index (χ1) is 12.1. The number of hydrogen-bond donors (Lipinski definition) is 2. The third-order valence-corrected chi connectivity index (χ3v) is 5.40. The Bertz CT molecular complexity index is 911. The quantitative estimate of drug-likeness (QED) is 0.769. The molecule has 4 rings (SSSR count). The lowest BCUT2D eigenvalue weighted by Gasteiger charge is -2.24. The highest BCUT2D eigenvalue weighted by molar-refractivity contribution is 6.00. The van der Waals surface area contributed by atoms with Gasteiger partial charge < -0.3 is 5.32 Å². The summed E-state index contributed by atoms with van der Waals surface area (Å²) in [7, 11) is 1.73. The predicted octanol–water partition coefficient (Wildman–Crippen LogP) is 1.21. The van der Waals surface area contributed by atoms with Crippen molar-refractivity contribution in [2.45, 2.75) is 37.6 Å². The predicted molar refractivity (Wildman–Crippen MR) is 101 cm³/mol. The normalized spacial score (nSPS) is 23.6. The van der Waals surface area contributed by atoms with E-state index >= 15 is 0 Å². The van der Waals surface area contributed by atoms with Crippen molar-refractivity contribution in [3.63, 3.8) is 0 Å². The van der Waals surface area contributed by atoms with Crippen LogP contribution < -0.4 is 16.3 Å². The summed E-state index contributed by atoms with van der Waals surface area (Å²) < 4.78 is 3.12. The lowest BCUT2D eigenvalue weighted by atomic mass is 9.91. The van der Waals surface area contributed by atoms with Gasteiger partial charge in [-0.3, -0.25) is 24.0 Å². The topological polar surface area (TPSA) is 85.1 Å². The maximum Gasteiger partial charge on any atom is 0.329 e. The summed E-state index contributed by atoms with van der Waals surface area (Å²) in [4.78, 5) is 36.4. The molecule has 0 bridgehead atoms. The average Bonchev–Trinajstić information content (AvgIpc) is 2.87. The third-order valence-electron chi connectivity index (χ3n) is 5.40. The molecule has 140 valence electrons. The lowest BCUT2D eigenvalue weighted by molar-refractivity contribution is -0.135. The number of carbonyl (C=O) groups excluding carboxylic acids is 2. The number of nitrogens with one attached hydrogen (secondary N) is 2. The number of fused-ring (bicyclic) bond motifs is 1. The Morgan fingerprint density at radius 3 is 2.62 bits per heavy atom. The van der Waals surface area contributed by atoms with Gasteiger partial charge in [0.05, 0.1) is 11.0 Å². The number of carbonyl (C=O) groups is 2. The highest BCUT2D eigenvalue weighted by Crippen LogP contribution is 2.28. The van der Waals surface area contributed by atoms with Gasteiger partial charge >= 0.3 is 5.69 Å². The van der Waals surface area contributed by atoms with Crippen molar-refractivity contribution in [1.29, 1.82) is 0 Å². The minimum absolute atomic E-state index is 0. The molecule has 7 nitrogen and oxygen atoms in total. The van der Waals surface area contributed by atoms with Crippen LogP contribution in [0.25, 0.3) is 11.0 Å². The Morgan fingerprint density at radius 2 is 1.92 bits per heavy atom. The molecule has 1 aromatic carbocycles. The number of halogens is 1. The van der Waals surface area contributed by atoms with Crippen molar-refractivity contribution < 1.29 is 9.59 Å². The number of aryl methyl sites for hydroxylation is 1. The number of hydrogen-bond acceptors (Lipinski definition) is 4. The van der Waals surface area contributed by atoms with Gasteiger partial charge in [0.2, 0.25) is 11.8 Å². The minimum Gasteiger partial charge on any atom is -0.316 e. The zero-order valence-corrected chi connectivity index (χ0v) is 15.5. The van der Waals surface area contributed by atoms with Gasteiger partial charge in [-0.15, -0.1) is 12.4 Å². The summed E-state index contributed by atoms with van der Waals surface area (Å²) in [5, 5.41) is 5.75. The molecule has 2 N–H and O–H groups in total. The van der Waals surface area contributed by atoms with Gasteiger partial charge in [-0.05, 0) is 49.4 Å². The number of nitrogens with zero attached hydrogens (tertiary/aromatic N) is 2. The van der Waals surface area contributed by atoms with Crippen LogP contribution >= 0.6 is 12.4 Å². The van der Waals surface area contributed by atoms with Gasteiger partial charge in [-0.2, -0.15) is 0 Å². The summed E-state index contributed by atoms with van der Waals surface area (Å²) in [6.45, 7) is 2.01. The molecular formula is C18H23ClN4O3. The van der Waals surface area contributed by atoms with E-state index in [9.17, 15) is 14.4 Å². The van der Waals surface area contributed by atoms with E-state index in [0.717, 1.165) is 37.0 Å². The van der Waals surface area contributed by atoms with Crippen molar-refractivity contribution in [3.8, 4) is 0 Å². The van der Waals surface area contributed by atoms with E-state index in [1.807, 2.05) is 6.07 Å². The number of aromatic nitrogens is 2. The fourth-order valence-electron chi connectivity index (χ4n) is 4.00. The molecule has 2 unspecified atom stereocenters. The van der Waals surface area contributed by atoms with Crippen LogP contribution in [0.5, 0.6) is 0 Å².